The molecule has 1 atom stereocenters. The minimum absolute atomic E-state index is 0.0279. The lowest BCUT2D eigenvalue weighted by Crippen LogP contribution is -2.41. The fourth-order valence-electron chi connectivity index (χ4n) is 3.67. The zero-order chi connectivity index (χ0) is 17.8. The second-order valence-corrected chi connectivity index (χ2v) is 8.23. The minimum Gasteiger partial charge on any atom is -0.399 e. The molecule has 25 heavy (non-hydrogen) atoms. The number of rotatable bonds is 2. The molecule has 0 N–H and O–H groups in total. The lowest BCUT2D eigenvalue weighted by atomic mass is 9.74. The van der Waals surface area contributed by atoms with Crippen LogP contribution in [0.25, 0.3) is 10.9 Å². The van der Waals surface area contributed by atoms with Crippen LogP contribution in [0.4, 0.5) is 0 Å². The molecule has 0 spiro atoms. The predicted octanol–water partition coefficient (Wildman–Crippen LogP) is 3.34. The van der Waals surface area contributed by atoms with Crippen LogP contribution in [0.15, 0.2) is 18.3 Å². The van der Waals surface area contributed by atoms with Crippen LogP contribution >= 0.6 is 0 Å². The highest BCUT2D eigenvalue weighted by atomic mass is 16.7. The summed E-state index contributed by atoms with van der Waals surface area (Å²) in [6, 6.07) is 4.26. The van der Waals surface area contributed by atoms with Crippen LogP contribution in [0.3, 0.4) is 0 Å². The quantitative estimate of drug-likeness (QED) is 0.786. The van der Waals surface area contributed by atoms with Crippen LogP contribution in [0.2, 0.25) is 0 Å². The highest BCUT2D eigenvalue weighted by Crippen LogP contribution is 2.37. The maximum atomic E-state index is 6.30. The van der Waals surface area contributed by atoms with Crippen LogP contribution in [0, 0.1) is 6.92 Å². The summed E-state index contributed by atoms with van der Waals surface area (Å²) in [5, 5.41) is 5.74. The Morgan fingerprint density at radius 2 is 1.84 bits per heavy atom. The summed E-state index contributed by atoms with van der Waals surface area (Å²) < 4.78 is 20.6. The Bertz CT molecular complexity index is 777. The fraction of sp³-hybridized carbons (Fsp3) is 0.632. The van der Waals surface area contributed by atoms with Gasteiger partial charge in [0.25, 0.3) is 0 Å². The maximum Gasteiger partial charge on any atom is 0.495 e. The predicted molar refractivity (Wildman–Crippen MR) is 99.0 cm³/mol. The van der Waals surface area contributed by atoms with E-state index in [1.54, 1.807) is 0 Å². The Kier molecular flexibility index (Phi) is 3.98. The van der Waals surface area contributed by atoms with Crippen molar-refractivity contribution in [2.24, 2.45) is 0 Å². The van der Waals surface area contributed by atoms with Gasteiger partial charge in [-0.15, -0.1) is 0 Å². The molecule has 4 rings (SSSR count). The Morgan fingerprint density at radius 3 is 2.48 bits per heavy atom. The van der Waals surface area contributed by atoms with Crippen LogP contribution in [-0.2, 0) is 14.0 Å². The van der Waals surface area contributed by atoms with Crippen molar-refractivity contribution in [3.8, 4) is 0 Å². The Labute approximate surface area is 149 Å². The average molecular weight is 342 g/mol. The SMILES string of the molecule is Cc1ccc2c(cnn2[C@@H]2CCCCO2)c1B1OC(C)(C)C(C)(C)O1. The summed E-state index contributed by atoms with van der Waals surface area (Å²) in [7, 11) is -0.376. The van der Waals surface area contributed by atoms with Gasteiger partial charge in [-0.1, -0.05) is 11.6 Å². The van der Waals surface area contributed by atoms with E-state index < -0.39 is 0 Å². The Morgan fingerprint density at radius 1 is 1.12 bits per heavy atom. The molecule has 5 nitrogen and oxygen atoms in total. The molecular weight excluding hydrogens is 315 g/mol. The molecule has 134 valence electrons. The van der Waals surface area contributed by atoms with Gasteiger partial charge in [0, 0.05) is 12.0 Å². The second-order valence-electron chi connectivity index (χ2n) is 8.23. The van der Waals surface area contributed by atoms with Crippen molar-refractivity contribution in [3.05, 3.63) is 23.9 Å². The smallest absolute Gasteiger partial charge is 0.399 e. The Hall–Kier alpha value is -1.37. The first-order valence-electron chi connectivity index (χ1n) is 9.24. The van der Waals surface area contributed by atoms with Crippen molar-refractivity contribution in [1.29, 1.82) is 0 Å². The fourth-order valence-corrected chi connectivity index (χ4v) is 3.67. The summed E-state index contributed by atoms with van der Waals surface area (Å²) >= 11 is 0. The molecule has 0 amide bonds. The summed E-state index contributed by atoms with van der Waals surface area (Å²) in [4.78, 5) is 0. The van der Waals surface area contributed by atoms with E-state index in [0.29, 0.717) is 0 Å². The molecule has 0 unspecified atom stereocenters. The van der Waals surface area contributed by atoms with Crippen molar-refractivity contribution in [2.45, 2.75) is 71.3 Å². The molecule has 1 aromatic heterocycles. The van der Waals surface area contributed by atoms with Gasteiger partial charge in [-0.2, -0.15) is 5.10 Å². The van der Waals surface area contributed by atoms with E-state index in [2.05, 4.69) is 51.9 Å². The normalized spacial score (nSPS) is 25.6. The maximum absolute atomic E-state index is 6.30. The summed E-state index contributed by atoms with van der Waals surface area (Å²) in [6.45, 7) is 11.3. The van der Waals surface area contributed by atoms with Gasteiger partial charge < -0.3 is 14.0 Å². The van der Waals surface area contributed by atoms with Crippen LogP contribution in [0.5, 0.6) is 0 Å². The van der Waals surface area contributed by atoms with Gasteiger partial charge in [-0.05, 0) is 65.4 Å². The number of aryl methyl sites for hydroxylation is 1. The third kappa shape index (κ3) is 2.71. The van der Waals surface area contributed by atoms with Crippen molar-refractivity contribution in [1.82, 2.24) is 9.78 Å². The Balaban J connectivity index is 1.77. The topological polar surface area (TPSA) is 45.5 Å². The lowest BCUT2D eigenvalue weighted by molar-refractivity contribution is -0.0366. The van der Waals surface area contributed by atoms with Crippen LogP contribution in [-0.4, -0.2) is 34.7 Å². The molecule has 0 bridgehead atoms. The largest absolute Gasteiger partial charge is 0.495 e. The molecular formula is C19H27BN2O3. The third-order valence-electron chi connectivity index (χ3n) is 5.96. The van der Waals surface area contributed by atoms with Gasteiger partial charge in [-0.25, -0.2) is 4.68 Å². The minimum atomic E-state index is -0.376. The number of nitrogens with zero attached hydrogens (tertiary/aromatic N) is 2. The molecule has 0 aliphatic carbocycles. The first kappa shape index (κ1) is 17.1. The first-order chi connectivity index (χ1) is 11.8. The van der Waals surface area contributed by atoms with E-state index >= 15 is 0 Å². The van der Waals surface area contributed by atoms with E-state index in [4.69, 9.17) is 14.0 Å². The van der Waals surface area contributed by atoms with E-state index in [1.165, 1.54) is 6.42 Å². The molecule has 0 saturated carbocycles. The second kappa shape index (κ2) is 5.83. The summed E-state index contributed by atoms with van der Waals surface area (Å²) in [5.74, 6) is 0. The monoisotopic (exact) mass is 342 g/mol. The van der Waals surface area contributed by atoms with Gasteiger partial charge in [0.2, 0.25) is 0 Å². The van der Waals surface area contributed by atoms with E-state index in [9.17, 15) is 0 Å². The highest BCUT2D eigenvalue weighted by molar-refractivity contribution is 6.65. The summed E-state index contributed by atoms with van der Waals surface area (Å²) in [6.07, 6.45) is 5.28. The van der Waals surface area contributed by atoms with Crippen molar-refractivity contribution in [3.63, 3.8) is 0 Å². The molecule has 0 radical (unpaired) electrons. The third-order valence-corrected chi connectivity index (χ3v) is 5.96. The highest BCUT2D eigenvalue weighted by Gasteiger charge is 2.52. The van der Waals surface area contributed by atoms with Crippen LogP contribution in [0.1, 0.15) is 58.7 Å². The van der Waals surface area contributed by atoms with E-state index in [1.807, 2.05) is 10.9 Å². The van der Waals surface area contributed by atoms with Crippen LogP contribution < -0.4 is 5.46 Å². The van der Waals surface area contributed by atoms with E-state index in [0.717, 1.165) is 41.4 Å². The zero-order valence-corrected chi connectivity index (χ0v) is 15.8. The van der Waals surface area contributed by atoms with Gasteiger partial charge in [0.15, 0.2) is 6.23 Å². The molecule has 2 aromatic rings. The van der Waals surface area contributed by atoms with Crippen molar-refractivity contribution >= 4 is 23.5 Å². The average Bonchev–Trinajstić information content (AvgIpc) is 3.06. The first-order valence-corrected chi connectivity index (χ1v) is 9.24. The van der Waals surface area contributed by atoms with Gasteiger partial charge in [0.1, 0.15) is 0 Å². The molecule has 2 fully saturated rings. The number of benzene rings is 1. The number of hydrogen-bond acceptors (Lipinski definition) is 4. The molecule has 2 aliphatic rings. The number of ether oxygens (including phenoxy) is 1. The molecule has 3 heterocycles. The number of aromatic nitrogens is 2. The molecule has 6 heteroatoms. The molecule has 2 saturated heterocycles. The van der Waals surface area contributed by atoms with Gasteiger partial charge >= 0.3 is 7.12 Å². The number of hydrogen-bond donors (Lipinski definition) is 0. The van der Waals surface area contributed by atoms with Gasteiger partial charge in [-0.3, -0.25) is 0 Å². The molecule has 1 aromatic carbocycles. The van der Waals surface area contributed by atoms with Gasteiger partial charge in [0.05, 0.1) is 22.9 Å². The standard InChI is InChI=1S/C19H27BN2O3/c1-13-9-10-15-14(12-21-22(15)16-8-6-7-11-23-16)17(13)20-24-18(2,3)19(4,5)25-20/h9-10,12,16H,6-8,11H2,1-5H3/t16-/m0/s1. The molecule has 2 aliphatic heterocycles. The van der Waals surface area contributed by atoms with Crippen molar-refractivity contribution < 1.29 is 14.0 Å². The lowest BCUT2D eigenvalue weighted by Gasteiger charge is -2.32. The van der Waals surface area contributed by atoms with Crippen molar-refractivity contribution in [2.75, 3.05) is 6.61 Å². The van der Waals surface area contributed by atoms with E-state index in [-0.39, 0.29) is 24.5 Å². The zero-order valence-electron chi connectivity index (χ0n) is 15.8. The summed E-state index contributed by atoms with van der Waals surface area (Å²) in [5.41, 5.74) is 2.62. The number of fused-ring (bicyclic) bond motifs is 1.